The van der Waals surface area contributed by atoms with Crippen molar-refractivity contribution in [1.82, 2.24) is 10.3 Å². The van der Waals surface area contributed by atoms with Gasteiger partial charge < -0.3 is 49.4 Å². The van der Waals surface area contributed by atoms with Crippen molar-refractivity contribution in [3.63, 3.8) is 0 Å². The third-order valence-corrected chi connectivity index (χ3v) is 6.13. The number of fused-ring (bicyclic) bond motifs is 1. The molecule has 0 saturated carbocycles. The molecule has 2 rings (SSSR count). The van der Waals surface area contributed by atoms with Crippen molar-refractivity contribution in [2.45, 2.75) is 38.1 Å². The summed E-state index contributed by atoms with van der Waals surface area (Å²) in [5.74, 6) is -1.24. The highest BCUT2D eigenvalue weighted by molar-refractivity contribution is 5.89. The first-order valence-corrected chi connectivity index (χ1v) is 12.2. The Morgan fingerprint density at radius 2 is 1.58 bits per heavy atom. The number of carbonyl (C=O) groups excluding carboxylic acids is 2. The average molecular weight is 530 g/mol. The Hall–Kier alpha value is -4.49. The van der Waals surface area contributed by atoms with E-state index in [1.807, 2.05) is 30.5 Å². The molecule has 0 spiro atoms. The lowest BCUT2D eigenvalue weighted by atomic mass is 9.78. The first kappa shape index (κ1) is 29.7. The van der Waals surface area contributed by atoms with E-state index >= 15 is 0 Å². The minimum absolute atomic E-state index is 0.0213. The lowest BCUT2D eigenvalue weighted by Crippen LogP contribution is -2.47. The molecule has 0 aliphatic carbocycles. The predicted molar refractivity (Wildman–Crippen MR) is 149 cm³/mol. The maximum absolute atomic E-state index is 13.3. The summed E-state index contributed by atoms with van der Waals surface area (Å²) in [4.78, 5) is 41.7. The fourth-order valence-electron chi connectivity index (χ4n) is 4.31. The van der Waals surface area contributed by atoms with E-state index in [-0.39, 0.29) is 30.8 Å². The highest BCUT2D eigenvalue weighted by Crippen LogP contribution is 2.31. The number of nitrogens with two attached hydrogens (primary N) is 6. The van der Waals surface area contributed by atoms with Crippen LogP contribution >= 0.6 is 0 Å². The number of para-hydroxylation sites is 1. The second kappa shape index (κ2) is 14.3. The summed E-state index contributed by atoms with van der Waals surface area (Å²) in [6, 6.07) is 6.78. The standard InChI is InChI=1S/C24H39N11O3/c1-38-20(37)24(8-4-10-31-21(25)26,9-5-11-32-22(27)28)14-34-19(36)18(35-23(29)30)12-15-13-33-17-7-3-2-6-16(15)17/h2-3,6-7,13,18,33H,4-5,8-12,14H2,1H3,(H,34,36)(H4,25,26,31)(H4,27,28,32)(H4,29,30,35)/t18-/m0/s1. The molecule has 0 aliphatic rings. The number of hydrogen-bond donors (Lipinski definition) is 8. The molecule has 0 fully saturated rings. The molecule has 2 aromatic rings. The zero-order valence-electron chi connectivity index (χ0n) is 21.7. The van der Waals surface area contributed by atoms with Gasteiger partial charge in [0.15, 0.2) is 17.9 Å². The lowest BCUT2D eigenvalue weighted by molar-refractivity contribution is -0.154. The van der Waals surface area contributed by atoms with E-state index in [0.717, 1.165) is 16.5 Å². The number of rotatable bonds is 15. The van der Waals surface area contributed by atoms with Crippen molar-refractivity contribution in [2.24, 2.45) is 54.8 Å². The molecule has 1 aromatic carbocycles. The summed E-state index contributed by atoms with van der Waals surface area (Å²) in [5.41, 5.74) is 33.7. The smallest absolute Gasteiger partial charge is 0.313 e. The highest BCUT2D eigenvalue weighted by atomic mass is 16.5. The highest BCUT2D eigenvalue weighted by Gasteiger charge is 2.39. The van der Waals surface area contributed by atoms with E-state index in [1.54, 1.807) is 0 Å². The predicted octanol–water partition coefficient (Wildman–Crippen LogP) is -1.26. The normalized spacial score (nSPS) is 11.8. The number of benzene rings is 1. The van der Waals surface area contributed by atoms with E-state index in [1.165, 1.54) is 7.11 Å². The number of guanidine groups is 3. The van der Waals surface area contributed by atoms with Gasteiger partial charge >= 0.3 is 5.97 Å². The molecule has 1 heterocycles. The maximum Gasteiger partial charge on any atom is 0.313 e. The Bertz CT molecular complexity index is 1140. The summed E-state index contributed by atoms with van der Waals surface area (Å²) in [5, 5.41) is 3.82. The van der Waals surface area contributed by atoms with Crippen LogP contribution in [-0.2, 0) is 20.7 Å². The van der Waals surface area contributed by atoms with E-state index in [9.17, 15) is 9.59 Å². The van der Waals surface area contributed by atoms with Gasteiger partial charge in [0.1, 0.15) is 6.04 Å². The molecule has 14 heteroatoms. The van der Waals surface area contributed by atoms with Gasteiger partial charge in [-0.25, -0.2) is 4.99 Å². The van der Waals surface area contributed by atoms with Crippen molar-refractivity contribution in [3.8, 4) is 0 Å². The van der Waals surface area contributed by atoms with Crippen LogP contribution in [0.4, 0.5) is 0 Å². The Morgan fingerprint density at radius 3 is 2.13 bits per heavy atom. The summed E-state index contributed by atoms with van der Waals surface area (Å²) >= 11 is 0. The number of carbonyl (C=O) groups is 2. The van der Waals surface area contributed by atoms with Crippen molar-refractivity contribution in [3.05, 3.63) is 36.0 Å². The largest absolute Gasteiger partial charge is 0.469 e. The number of nitrogens with zero attached hydrogens (tertiary/aromatic N) is 3. The van der Waals surface area contributed by atoms with Gasteiger partial charge in [-0.15, -0.1) is 0 Å². The van der Waals surface area contributed by atoms with E-state index in [0.29, 0.717) is 38.8 Å². The SMILES string of the molecule is COC(=O)C(CCCN=C(N)N)(CCCN=C(N)N)CNC(=O)[C@H](Cc1c[nH]c2ccccc12)N=C(N)N. The number of aliphatic imine (C=N–C) groups is 3. The fourth-order valence-corrected chi connectivity index (χ4v) is 4.31. The number of esters is 1. The van der Waals surface area contributed by atoms with Crippen LogP contribution in [0.3, 0.4) is 0 Å². The molecular weight excluding hydrogens is 490 g/mol. The Labute approximate surface area is 221 Å². The van der Waals surface area contributed by atoms with Gasteiger partial charge in [-0.2, -0.15) is 0 Å². The van der Waals surface area contributed by atoms with E-state index in [2.05, 4.69) is 25.3 Å². The van der Waals surface area contributed by atoms with Crippen molar-refractivity contribution in [2.75, 3.05) is 26.7 Å². The second-order valence-electron chi connectivity index (χ2n) is 8.94. The molecule has 38 heavy (non-hydrogen) atoms. The summed E-state index contributed by atoms with van der Waals surface area (Å²) in [6.45, 7) is 0.590. The van der Waals surface area contributed by atoms with Crippen molar-refractivity contribution >= 4 is 40.7 Å². The molecule has 14 N–H and O–H groups in total. The van der Waals surface area contributed by atoms with Gasteiger partial charge in [0, 0.05) is 43.2 Å². The quantitative estimate of drug-likeness (QED) is 0.0591. The van der Waals surface area contributed by atoms with Crippen LogP contribution in [0.5, 0.6) is 0 Å². The zero-order chi connectivity index (χ0) is 28.1. The molecule has 0 saturated heterocycles. The minimum atomic E-state index is -1.08. The van der Waals surface area contributed by atoms with Gasteiger partial charge in [0.05, 0.1) is 12.5 Å². The average Bonchev–Trinajstić information content (AvgIpc) is 3.28. The first-order valence-electron chi connectivity index (χ1n) is 12.2. The number of aromatic amines is 1. The van der Waals surface area contributed by atoms with Crippen LogP contribution in [0.15, 0.2) is 45.4 Å². The molecule has 0 bridgehead atoms. The number of aromatic nitrogens is 1. The zero-order valence-corrected chi connectivity index (χ0v) is 21.7. The second-order valence-corrected chi connectivity index (χ2v) is 8.94. The van der Waals surface area contributed by atoms with Crippen LogP contribution in [0.25, 0.3) is 10.9 Å². The van der Waals surface area contributed by atoms with E-state index < -0.39 is 23.3 Å². The van der Waals surface area contributed by atoms with Crippen molar-refractivity contribution < 1.29 is 14.3 Å². The van der Waals surface area contributed by atoms with Gasteiger partial charge in [-0.3, -0.25) is 19.6 Å². The summed E-state index contributed by atoms with van der Waals surface area (Å²) in [7, 11) is 1.30. The van der Waals surface area contributed by atoms with Gasteiger partial charge in [-0.05, 0) is 37.3 Å². The summed E-state index contributed by atoms with van der Waals surface area (Å²) in [6.07, 6.45) is 3.69. The molecule has 1 aromatic heterocycles. The number of nitrogens with one attached hydrogen (secondary N) is 2. The molecule has 0 aliphatic heterocycles. The first-order chi connectivity index (χ1) is 18.1. The topological polar surface area (TPSA) is 264 Å². The minimum Gasteiger partial charge on any atom is -0.469 e. The number of ether oxygens (including phenoxy) is 1. The molecule has 0 unspecified atom stereocenters. The molecular formula is C24H39N11O3. The van der Waals surface area contributed by atoms with Crippen LogP contribution in [0.1, 0.15) is 31.2 Å². The molecule has 14 nitrogen and oxygen atoms in total. The Kier molecular flexibility index (Phi) is 11.2. The Morgan fingerprint density at radius 1 is 0.974 bits per heavy atom. The van der Waals surface area contributed by atoms with E-state index in [4.69, 9.17) is 39.1 Å². The maximum atomic E-state index is 13.3. The van der Waals surface area contributed by atoms with Gasteiger partial charge in [0.25, 0.3) is 0 Å². The monoisotopic (exact) mass is 529 g/mol. The van der Waals surface area contributed by atoms with Crippen LogP contribution in [0.2, 0.25) is 0 Å². The third-order valence-electron chi connectivity index (χ3n) is 6.13. The molecule has 0 radical (unpaired) electrons. The third kappa shape index (κ3) is 8.87. The van der Waals surface area contributed by atoms with Crippen LogP contribution in [0, 0.1) is 5.41 Å². The van der Waals surface area contributed by atoms with Crippen molar-refractivity contribution in [1.29, 1.82) is 0 Å². The summed E-state index contributed by atoms with van der Waals surface area (Å²) < 4.78 is 5.13. The van der Waals surface area contributed by atoms with Gasteiger partial charge in [-0.1, -0.05) is 18.2 Å². The molecule has 1 atom stereocenters. The molecule has 1 amide bonds. The number of amides is 1. The number of methoxy groups -OCH3 is 1. The fraction of sp³-hybridized carbons (Fsp3) is 0.458. The Balaban J connectivity index is 2.25. The molecule has 208 valence electrons. The number of H-pyrrole nitrogens is 1. The van der Waals surface area contributed by atoms with Crippen LogP contribution in [-0.4, -0.2) is 67.5 Å². The van der Waals surface area contributed by atoms with Gasteiger partial charge in [0.2, 0.25) is 5.91 Å². The lowest BCUT2D eigenvalue weighted by Gasteiger charge is -2.31. The van der Waals surface area contributed by atoms with Crippen LogP contribution < -0.4 is 39.7 Å². The number of hydrogen-bond acceptors (Lipinski definition) is 6.